The van der Waals surface area contributed by atoms with Gasteiger partial charge in [0.05, 0.1) is 11.5 Å². The summed E-state index contributed by atoms with van der Waals surface area (Å²) in [5.41, 5.74) is 7.04. The molecule has 1 saturated heterocycles. The smallest absolute Gasteiger partial charge is 0.152 e. The molecular formula is C14H20N2O2S3. The molecule has 2 rings (SSSR count). The van der Waals surface area contributed by atoms with Gasteiger partial charge in [-0.15, -0.1) is 11.8 Å². The van der Waals surface area contributed by atoms with Crippen molar-refractivity contribution in [1.29, 1.82) is 0 Å². The van der Waals surface area contributed by atoms with Crippen molar-refractivity contribution in [2.75, 3.05) is 22.6 Å². The number of nitrogens with one attached hydrogen (secondary N) is 1. The Morgan fingerprint density at radius 1 is 1.52 bits per heavy atom. The average Bonchev–Trinajstić information content (AvgIpc) is 2.63. The van der Waals surface area contributed by atoms with Crippen LogP contribution in [-0.2, 0) is 9.84 Å². The van der Waals surface area contributed by atoms with E-state index in [1.807, 2.05) is 25.1 Å². The Hall–Kier alpha value is -0.790. The number of benzene rings is 1. The predicted octanol–water partition coefficient (Wildman–Crippen LogP) is 2.42. The number of thiocarbonyl (C=S) groups is 1. The van der Waals surface area contributed by atoms with Gasteiger partial charge in [0, 0.05) is 21.7 Å². The molecule has 1 fully saturated rings. The van der Waals surface area contributed by atoms with Gasteiger partial charge in [0.1, 0.15) is 4.99 Å². The topological polar surface area (TPSA) is 72.2 Å². The standard InChI is InChI=1S/C14H20N2O2S3/c1-3-20-11-6-4-5-10(12(11)13(15)19)16-14(2)7-8-21(17,18)9-14/h4-6,16H,3,7-9H2,1-2H3,(H2,15,19). The van der Waals surface area contributed by atoms with Crippen LogP contribution in [0, 0.1) is 0 Å². The van der Waals surface area contributed by atoms with Gasteiger partial charge in [0.2, 0.25) is 0 Å². The third-order valence-electron chi connectivity index (χ3n) is 3.51. The fraction of sp³-hybridized carbons (Fsp3) is 0.500. The molecular weight excluding hydrogens is 324 g/mol. The third-order valence-corrected chi connectivity index (χ3v) is 6.56. The Morgan fingerprint density at radius 2 is 2.24 bits per heavy atom. The molecule has 3 N–H and O–H groups in total. The fourth-order valence-corrected chi connectivity index (χ4v) is 5.83. The highest BCUT2D eigenvalue weighted by Crippen LogP contribution is 2.33. The minimum Gasteiger partial charge on any atom is -0.389 e. The summed E-state index contributed by atoms with van der Waals surface area (Å²) >= 11 is 6.86. The monoisotopic (exact) mass is 344 g/mol. The molecule has 0 bridgehead atoms. The van der Waals surface area contributed by atoms with Crippen LogP contribution in [-0.4, -0.2) is 36.2 Å². The summed E-state index contributed by atoms with van der Waals surface area (Å²) in [6, 6.07) is 5.83. The van der Waals surface area contributed by atoms with Gasteiger partial charge < -0.3 is 11.1 Å². The van der Waals surface area contributed by atoms with Crippen molar-refractivity contribution in [1.82, 2.24) is 0 Å². The molecule has 7 heteroatoms. The Bertz CT molecular complexity index is 658. The number of anilines is 1. The van der Waals surface area contributed by atoms with Gasteiger partial charge in [-0.2, -0.15) is 0 Å². The maximum atomic E-state index is 11.7. The van der Waals surface area contributed by atoms with Gasteiger partial charge in [-0.3, -0.25) is 0 Å². The summed E-state index contributed by atoms with van der Waals surface area (Å²) in [5.74, 6) is 1.29. The van der Waals surface area contributed by atoms with Gasteiger partial charge in [0.25, 0.3) is 0 Å². The third kappa shape index (κ3) is 3.90. The highest BCUT2D eigenvalue weighted by atomic mass is 32.2. The van der Waals surface area contributed by atoms with E-state index in [0.717, 1.165) is 21.9 Å². The quantitative estimate of drug-likeness (QED) is 0.631. The van der Waals surface area contributed by atoms with E-state index in [9.17, 15) is 8.42 Å². The number of thioether (sulfide) groups is 1. The van der Waals surface area contributed by atoms with Crippen LogP contribution >= 0.6 is 24.0 Å². The van der Waals surface area contributed by atoms with E-state index in [2.05, 4.69) is 12.2 Å². The molecule has 21 heavy (non-hydrogen) atoms. The Balaban J connectivity index is 2.36. The number of sulfone groups is 1. The van der Waals surface area contributed by atoms with Crippen LogP contribution in [0.4, 0.5) is 5.69 Å². The second-order valence-corrected chi connectivity index (χ2v) is 9.43. The normalized spacial score (nSPS) is 23.9. The summed E-state index contributed by atoms with van der Waals surface area (Å²) in [6.07, 6.45) is 0.594. The molecule has 1 heterocycles. The van der Waals surface area contributed by atoms with E-state index in [-0.39, 0.29) is 11.5 Å². The van der Waals surface area contributed by atoms with Crippen LogP contribution < -0.4 is 11.1 Å². The summed E-state index contributed by atoms with van der Waals surface area (Å²) in [5, 5.41) is 3.36. The lowest BCUT2D eigenvalue weighted by molar-refractivity contribution is 0.574. The summed E-state index contributed by atoms with van der Waals surface area (Å²) in [6.45, 7) is 4.00. The highest BCUT2D eigenvalue weighted by Gasteiger charge is 2.38. The van der Waals surface area contributed by atoms with Crippen molar-refractivity contribution in [3.8, 4) is 0 Å². The molecule has 0 spiro atoms. The van der Waals surface area contributed by atoms with Crippen molar-refractivity contribution in [2.24, 2.45) is 5.73 Å². The maximum Gasteiger partial charge on any atom is 0.152 e. The lowest BCUT2D eigenvalue weighted by Gasteiger charge is -2.27. The molecule has 0 amide bonds. The lowest BCUT2D eigenvalue weighted by Crippen LogP contribution is -2.36. The first-order valence-corrected chi connectivity index (χ1v) is 10.0. The van der Waals surface area contributed by atoms with Crippen molar-refractivity contribution in [2.45, 2.75) is 30.7 Å². The van der Waals surface area contributed by atoms with E-state index < -0.39 is 15.4 Å². The molecule has 0 aliphatic carbocycles. The Morgan fingerprint density at radius 3 is 2.76 bits per heavy atom. The van der Waals surface area contributed by atoms with Crippen LogP contribution in [0.15, 0.2) is 23.1 Å². The average molecular weight is 345 g/mol. The summed E-state index contributed by atoms with van der Waals surface area (Å²) in [4.78, 5) is 1.36. The van der Waals surface area contributed by atoms with E-state index in [0.29, 0.717) is 11.4 Å². The van der Waals surface area contributed by atoms with Crippen LogP contribution in [0.25, 0.3) is 0 Å². The van der Waals surface area contributed by atoms with Gasteiger partial charge in [-0.1, -0.05) is 25.2 Å². The second kappa shape index (κ2) is 6.14. The van der Waals surface area contributed by atoms with Gasteiger partial charge in [0.15, 0.2) is 9.84 Å². The van der Waals surface area contributed by atoms with Gasteiger partial charge in [-0.25, -0.2) is 8.42 Å². The highest BCUT2D eigenvalue weighted by molar-refractivity contribution is 7.99. The Labute approximate surface area is 135 Å². The fourth-order valence-electron chi connectivity index (χ4n) is 2.60. The van der Waals surface area contributed by atoms with Gasteiger partial charge in [-0.05, 0) is 31.2 Å². The van der Waals surface area contributed by atoms with E-state index in [1.165, 1.54) is 0 Å². The zero-order chi connectivity index (χ0) is 15.7. The van der Waals surface area contributed by atoms with E-state index >= 15 is 0 Å². The first-order valence-electron chi connectivity index (χ1n) is 6.80. The van der Waals surface area contributed by atoms with Crippen molar-refractivity contribution >= 4 is 44.5 Å². The molecule has 1 aromatic rings. The van der Waals surface area contributed by atoms with Crippen LogP contribution in [0.5, 0.6) is 0 Å². The van der Waals surface area contributed by atoms with E-state index in [1.54, 1.807) is 11.8 Å². The van der Waals surface area contributed by atoms with Crippen LogP contribution in [0.3, 0.4) is 0 Å². The predicted molar refractivity (Wildman–Crippen MR) is 94.0 cm³/mol. The van der Waals surface area contributed by atoms with E-state index in [4.69, 9.17) is 18.0 Å². The first-order chi connectivity index (χ1) is 9.76. The molecule has 1 aromatic carbocycles. The molecule has 4 nitrogen and oxygen atoms in total. The molecule has 116 valence electrons. The molecule has 0 aromatic heterocycles. The number of hydrogen-bond acceptors (Lipinski definition) is 5. The van der Waals surface area contributed by atoms with Crippen molar-refractivity contribution < 1.29 is 8.42 Å². The largest absolute Gasteiger partial charge is 0.389 e. The molecule has 1 unspecified atom stereocenters. The summed E-state index contributed by atoms with van der Waals surface area (Å²) < 4.78 is 23.5. The number of nitrogens with two attached hydrogens (primary N) is 1. The molecule has 1 aliphatic rings. The minimum absolute atomic E-state index is 0.141. The van der Waals surface area contributed by atoms with Crippen molar-refractivity contribution in [3.05, 3.63) is 23.8 Å². The minimum atomic E-state index is -2.96. The van der Waals surface area contributed by atoms with Crippen molar-refractivity contribution in [3.63, 3.8) is 0 Å². The lowest BCUT2D eigenvalue weighted by atomic mass is 10.0. The first kappa shape index (κ1) is 16.6. The number of rotatable bonds is 5. The molecule has 0 saturated carbocycles. The maximum absolute atomic E-state index is 11.7. The molecule has 1 atom stereocenters. The Kier molecular flexibility index (Phi) is 4.85. The second-order valence-electron chi connectivity index (χ2n) is 5.50. The molecule has 0 radical (unpaired) electrons. The zero-order valence-corrected chi connectivity index (χ0v) is 14.6. The molecule has 1 aliphatic heterocycles. The zero-order valence-electron chi connectivity index (χ0n) is 12.2. The number of hydrogen-bond donors (Lipinski definition) is 2. The summed E-state index contributed by atoms with van der Waals surface area (Å²) in [7, 11) is -2.96. The van der Waals surface area contributed by atoms with Crippen LogP contribution in [0.2, 0.25) is 0 Å². The SMILES string of the molecule is CCSc1cccc(NC2(C)CCS(=O)(=O)C2)c1C(N)=S. The van der Waals surface area contributed by atoms with Crippen LogP contribution in [0.1, 0.15) is 25.8 Å². The van der Waals surface area contributed by atoms with Gasteiger partial charge >= 0.3 is 0 Å².